The minimum absolute atomic E-state index is 0.118. The van der Waals surface area contributed by atoms with Crippen LogP contribution in [0.4, 0.5) is 5.00 Å². The van der Waals surface area contributed by atoms with E-state index < -0.39 is 0 Å². The lowest BCUT2D eigenvalue weighted by molar-refractivity contribution is 0.0601. The number of aryl methyl sites for hydroxylation is 1. The molecule has 0 radical (unpaired) electrons. The van der Waals surface area contributed by atoms with E-state index in [1.165, 1.54) is 29.5 Å². The molecule has 0 spiro atoms. The molecule has 2 N–H and O–H groups in total. The highest BCUT2D eigenvalue weighted by Gasteiger charge is 2.26. The highest BCUT2D eigenvalue weighted by Crippen LogP contribution is 2.38. The van der Waals surface area contributed by atoms with Gasteiger partial charge in [0.25, 0.3) is 0 Å². The number of carbonyl (C=O) groups is 1. The van der Waals surface area contributed by atoms with Crippen LogP contribution in [0.15, 0.2) is 24.3 Å². The summed E-state index contributed by atoms with van der Waals surface area (Å²) in [7, 11) is 1.43. The maximum absolute atomic E-state index is 12.4. The second-order valence-corrected chi connectivity index (χ2v) is 9.30. The van der Waals surface area contributed by atoms with E-state index in [4.69, 9.17) is 17.0 Å². The van der Waals surface area contributed by atoms with Crippen molar-refractivity contribution in [1.82, 2.24) is 5.32 Å². The molecule has 156 valence electrons. The van der Waals surface area contributed by atoms with Gasteiger partial charge < -0.3 is 15.4 Å². The molecule has 1 aromatic heterocycles. The Morgan fingerprint density at radius 3 is 2.45 bits per heavy atom. The van der Waals surface area contributed by atoms with E-state index in [1.807, 2.05) is 0 Å². The van der Waals surface area contributed by atoms with Crippen molar-refractivity contribution in [2.75, 3.05) is 12.4 Å². The first-order valence-electron chi connectivity index (χ1n) is 10.3. The van der Waals surface area contributed by atoms with Crippen molar-refractivity contribution in [3.05, 3.63) is 51.4 Å². The smallest absolute Gasteiger partial charge is 0.341 e. The number of methoxy groups -OCH3 is 1. The Bertz CT molecular complexity index is 872. The molecule has 1 aromatic carbocycles. The maximum atomic E-state index is 12.4. The van der Waals surface area contributed by atoms with Gasteiger partial charge in [-0.2, -0.15) is 0 Å². The average Bonchev–Trinajstić information content (AvgIpc) is 3.09. The van der Waals surface area contributed by atoms with Crippen LogP contribution >= 0.6 is 23.6 Å². The molecule has 1 unspecified atom stereocenters. The first-order chi connectivity index (χ1) is 13.9. The second-order valence-electron chi connectivity index (χ2n) is 7.79. The minimum Gasteiger partial charge on any atom is -0.465 e. The molecule has 6 heteroatoms. The van der Waals surface area contributed by atoms with Crippen molar-refractivity contribution in [2.45, 2.75) is 64.8 Å². The number of esters is 1. The lowest BCUT2D eigenvalue weighted by atomic mass is 9.95. The number of hydrogen-bond donors (Lipinski definition) is 2. The summed E-state index contributed by atoms with van der Waals surface area (Å²) in [6.45, 7) is 6.53. The molecule has 0 amide bonds. The van der Waals surface area contributed by atoms with Crippen molar-refractivity contribution >= 4 is 39.6 Å². The monoisotopic (exact) mass is 430 g/mol. The molecule has 0 aliphatic heterocycles. The van der Waals surface area contributed by atoms with Crippen LogP contribution in [-0.4, -0.2) is 18.2 Å². The van der Waals surface area contributed by atoms with Gasteiger partial charge in [-0.05, 0) is 66.9 Å². The predicted molar refractivity (Wildman–Crippen MR) is 125 cm³/mol. The van der Waals surface area contributed by atoms with Crippen molar-refractivity contribution in [1.29, 1.82) is 0 Å². The molecule has 0 bridgehead atoms. The van der Waals surface area contributed by atoms with Gasteiger partial charge in [0.2, 0.25) is 0 Å². The molecule has 1 heterocycles. The van der Waals surface area contributed by atoms with Gasteiger partial charge in [0.15, 0.2) is 5.11 Å². The fraction of sp³-hybridized carbons (Fsp3) is 0.478. The topological polar surface area (TPSA) is 50.4 Å². The predicted octanol–water partition coefficient (Wildman–Crippen LogP) is 5.97. The number of rotatable bonds is 6. The van der Waals surface area contributed by atoms with Crippen molar-refractivity contribution in [3.8, 4) is 0 Å². The first-order valence-corrected chi connectivity index (χ1v) is 11.6. The van der Waals surface area contributed by atoms with Gasteiger partial charge in [0.05, 0.1) is 18.7 Å². The molecule has 1 aliphatic carbocycles. The van der Waals surface area contributed by atoms with Gasteiger partial charge >= 0.3 is 5.97 Å². The maximum Gasteiger partial charge on any atom is 0.341 e. The zero-order valence-electron chi connectivity index (χ0n) is 17.6. The van der Waals surface area contributed by atoms with Crippen molar-refractivity contribution in [3.63, 3.8) is 0 Å². The number of anilines is 1. The van der Waals surface area contributed by atoms with E-state index in [0.717, 1.165) is 36.2 Å². The molecule has 0 fully saturated rings. The van der Waals surface area contributed by atoms with Crippen LogP contribution in [0.5, 0.6) is 0 Å². The van der Waals surface area contributed by atoms with E-state index in [2.05, 4.69) is 55.7 Å². The molecule has 1 aliphatic rings. The zero-order chi connectivity index (χ0) is 21.0. The third-order valence-electron chi connectivity index (χ3n) is 5.51. The summed E-state index contributed by atoms with van der Waals surface area (Å²) in [4.78, 5) is 13.7. The lowest BCUT2D eigenvalue weighted by Crippen LogP contribution is -2.32. The number of thiophene rings is 1. The van der Waals surface area contributed by atoms with E-state index in [-0.39, 0.29) is 12.0 Å². The standard InChI is InChI=1S/C23H30N2O2S2/c1-5-18(16-12-10-15(11-13-16)14(2)3)24-23(28)25-21-20(22(26)27-4)17-8-6-7-9-19(17)29-21/h10-14,18H,5-9H2,1-4H3,(H2,24,25,28). The summed E-state index contributed by atoms with van der Waals surface area (Å²) < 4.78 is 5.05. The third-order valence-corrected chi connectivity index (χ3v) is 6.93. The molecule has 1 atom stereocenters. The Hall–Kier alpha value is -1.92. The van der Waals surface area contributed by atoms with Crippen LogP contribution in [0.2, 0.25) is 0 Å². The SMILES string of the molecule is CCC(NC(=S)Nc1sc2c(c1C(=O)OC)CCCC2)c1ccc(C(C)C)cc1. The van der Waals surface area contributed by atoms with Crippen LogP contribution in [0.25, 0.3) is 0 Å². The molecule has 0 saturated heterocycles. The Kier molecular flexibility index (Phi) is 7.30. The van der Waals surface area contributed by atoms with Gasteiger partial charge in [-0.15, -0.1) is 11.3 Å². The second kappa shape index (κ2) is 9.72. The Morgan fingerprint density at radius 1 is 1.17 bits per heavy atom. The quantitative estimate of drug-likeness (QED) is 0.436. The van der Waals surface area contributed by atoms with Gasteiger partial charge in [-0.25, -0.2) is 4.79 Å². The zero-order valence-corrected chi connectivity index (χ0v) is 19.3. The highest BCUT2D eigenvalue weighted by molar-refractivity contribution is 7.80. The summed E-state index contributed by atoms with van der Waals surface area (Å²) in [6, 6.07) is 8.82. The summed E-state index contributed by atoms with van der Waals surface area (Å²) in [5, 5.41) is 8.04. The number of thiocarbonyl (C=S) groups is 1. The van der Waals surface area contributed by atoms with E-state index in [9.17, 15) is 4.79 Å². The number of benzene rings is 1. The fourth-order valence-electron chi connectivity index (χ4n) is 3.80. The van der Waals surface area contributed by atoms with Gasteiger partial charge in [0.1, 0.15) is 5.00 Å². The first kappa shape index (κ1) is 21.8. The van der Waals surface area contributed by atoms with E-state index in [1.54, 1.807) is 11.3 Å². The van der Waals surface area contributed by atoms with Gasteiger partial charge in [-0.1, -0.05) is 45.0 Å². The molecule has 0 saturated carbocycles. The largest absolute Gasteiger partial charge is 0.465 e. The molecule has 3 rings (SSSR count). The van der Waals surface area contributed by atoms with Crippen LogP contribution in [-0.2, 0) is 17.6 Å². The number of hydrogen-bond acceptors (Lipinski definition) is 4. The number of fused-ring (bicyclic) bond motifs is 1. The number of carbonyl (C=O) groups excluding carboxylic acids is 1. The van der Waals surface area contributed by atoms with Crippen molar-refractivity contribution < 1.29 is 9.53 Å². The van der Waals surface area contributed by atoms with Crippen LogP contribution < -0.4 is 10.6 Å². The Morgan fingerprint density at radius 2 is 1.83 bits per heavy atom. The number of ether oxygens (including phenoxy) is 1. The summed E-state index contributed by atoms with van der Waals surface area (Å²) in [6.07, 6.45) is 5.14. The Balaban J connectivity index is 1.75. The van der Waals surface area contributed by atoms with Crippen LogP contribution in [0.1, 0.15) is 83.9 Å². The molecule has 2 aromatic rings. The fourth-order valence-corrected chi connectivity index (χ4v) is 5.39. The van der Waals surface area contributed by atoms with Gasteiger partial charge in [-0.3, -0.25) is 0 Å². The lowest BCUT2D eigenvalue weighted by Gasteiger charge is -2.20. The minimum atomic E-state index is -0.286. The van der Waals surface area contributed by atoms with Crippen LogP contribution in [0, 0.1) is 0 Å². The van der Waals surface area contributed by atoms with Crippen LogP contribution in [0.3, 0.4) is 0 Å². The van der Waals surface area contributed by atoms with Crippen molar-refractivity contribution in [2.24, 2.45) is 0 Å². The molecular formula is C23H30N2O2S2. The highest BCUT2D eigenvalue weighted by atomic mass is 32.1. The summed E-state index contributed by atoms with van der Waals surface area (Å²) in [5.41, 5.74) is 4.33. The molecular weight excluding hydrogens is 400 g/mol. The molecule has 4 nitrogen and oxygen atoms in total. The average molecular weight is 431 g/mol. The van der Waals surface area contributed by atoms with E-state index >= 15 is 0 Å². The summed E-state index contributed by atoms with van der Waals surface area (Å²) >= 11 is 7.23. The van der Waals surface area contributed by atoms with E-state index in [0.29, 0.717) is 16.6 Å². The normalized spacial score (nSPS) is 14.2. The van der Waals surface area contributed by atoms with Gasteiger partial charge in [0, 0.05) is 4.88 Å². The number of nitrogens with one attached hydrogen (secondary N) is 2. The summed E-state index contributed by atoms with van der Waals surface area (Å²) in [5.74, 6) is 0.229. The molecule has 29 heavy (non-hydrogen) atoms. The third kappa shape index (κ3) is 4.98. The Labute approximate surface area is 183 Å².